The number of carbonyl (C=O) groups is 1. The van der Waals surface area contributed by atoms with Gasteiger partial charge in [0.15, 0.2) is 0 Å². The molecule has 0 aromatic heterocycles. The van der Waals surface area contributed by atoms with Crippen LogP contribution in [0.5, 0.6) is 0 Å². The van der Waals surface area contributed by atoms with Gasteiger partial charge in [-0.3, -0.25) is 4.79 Å². The van der Waals surface area contributed by atoms with Crippen molar-refractivity contribution >= 4 is 5.97 Å². The lowest BCUT2D eigenvalue weighted by Crippen LogP contribution is -2.33. The number of aliphatic carboxylic acids is 1. The van der Waals surface area contributed by atoms with Crippen LogP contribution in [0.25, 0.3) is 0 Å². The molecule has 2 nitrogen and oxygen atoms in total. The van der Waals surface area contributed by atoms with Gasteiger partial charge in [0.25, 0.3) is 0 Å². The molecule has 1 aliphatic rings. The maximum atomic E-state index is 13.4. The molecule has 0 unspecified atom stereocenters. The highest BCUT2D eigenvalue weighted by Gasteiger charge is 2.38. The zero-order valence-electron chi connectivity index (χ0n) is 11.4. The van der Waals surface area contributed by atoms with E-state index in [1.165, 1.54) is 12.1 Å². The summed E-state index contributed by atoms with van der Waals surface area (Å²) < 4.78 is 13.4. The highest BCUT2D eigenvalue weighted by molar-refractivity contribution is 5.75. The number of aryl methyl sites for hydroxylation is 1. The van der Waals surface area contributed by atoms with Crippen LogP contribution in [0.1, 0.15) is 49.7 Å². The number of hydrogen-bond acceptors (Lipinski definition) is 1. The van der Waals surface area contributed by atoms with Crippen molar-refractivity contribution in [2.45, 2.75) is 51.9 Å². The maximum Gasteiger partial charge on any atom is 0.309 e. The largest absolute Gasteiger partial charge is 0.481 e. The van der Waals surface area contributed by atoms with Crippen LogP contribution in [-0.2, 0) is 11.2 Å². The Hall–Kier alpha value is -1.38. The van der Waals surface area contributed by atoms with Crippen LogP contribution in [0.3, 0.4) is 0 Å². The van der Waals surface area contributed by atoms with Crippen LogP contribution in [0.2, 0.25) is 0 Å². The summed E-state index contributed by atoms with van der Waals surface area (Å²) in [5.74, 6) is -1.01. The van der Waals surface area contributed by atoms with Crippen LogP contribution < -0.4 is 0 Å². The molecule has 0 atom stereocenters. The third-order valence-corrected chi connectivity index (χ3v) is 4.35. The monoisotopic (exact) mass is 264 g/mol. The molecule has 0 radical (unpaired) electrons. The summed E-state index contributed by atoms with van der Waals surface area (Å²) in [7, 11) is 0. The lowest BCUT2D eigenvalue weighted by Gasteiger charge is -2.28. The number of halogens is 1. The average molecular weight is 264 g/mol. The minimum atomic E-state index is -0.724. The topological polar surface area (TPSA) is 37.3 Å². The van der Waals surface area contributed by atoms with E-state index in [0.29, 0.717) is 19.3 Å². The Kier molecular flexibility index (Phi) is 4.23. The molecule has 1 N–H and O–H groups in total. The van der Waals surface area contributed by atoms with Crippen LogP contribution in [0, 0.1) is 18.2 Å². The molecular weight excluding hydrogens is 243 g/mol. The van der Waals surface area contributed by atoms with E-state index in [4.69, 9.17) is 0 Å². The number of carboxylic acid groups (broad SMARTS) is 1. The van der Waals surface area contributed by atoms with E-state index in [-0.39, 0.29) is 5.82 Å². The zero-order chi connectivity index (χ0) is 13.9. The molecule has 0 bridgehead atoms. The van der Waals surface area contributed by atoms with E-state index in [2.05, 4.69) is 0 Å². The molecule has 0 spiro atoms. The molecule has 0 aliphatic heterocycles. The van der Waals surface area contributed by atoms with Gasteiger partial charge in [-0.05, 0) is 49.4 Å². The standard InChI is InChI=1S/C16H21FO2/c1-12-6-7-14(17)10-13(12)11-16(15(18)19)8-4-2-3-5-9-16/h6-7,10H,2-5,8-9,11H2,1H3,(H,18,19). The fourth-order valence-corrected chi connectivity index (χ4v) is 3.07. The van der Waals surface area contributed by atoms with Crippen LogP contribution in [0.15, 0.2) is 18.2 Å². The first kappa shape index (κ1) is 14.0. The van der Waals surface area contributed by atoms with E-state index < -0.39 is 11.4 Å². The molecule has 1 saturated carbocycles. The molecule has 1 fully saturated rings. The van der Waals surface area contributed by atoms with Gasteiger partial charge in [-0.25, -0.2) is 4.39 Å². The lowest BCUT2D eigenvalue weighted by atomic mass is 9.75. The molecule has 1 aromatic carbocycles. The molecule has 0 heterocycles. The van der Waals surface area contributed by atoms with Gasteiger partial charge >= 0.3 is 5.97 Å². The quantitative estimate of drug-likeness (QED) is 0.834. The first-order valence-electron chi connectivity index (χ1n) is 7.02. The minimum Gasteiger partial charge on any atom is -0.481 e. The number of benzene rings is 1. The third-order valence-electron chi connectivity index (χ3n) is 4.35. The van der Waals surface area contributed by atoms with Gasteiger partial charge in [0.05, 0.1) is 5.41 Å². The summed E-state index contributed by atoms with van der Waals surface area (Å²) in [5.41, 5.74) is 1.12. The van der Waals surface area contributed by atoms with Crippen LogP contribution >= 0.6 is 0 Å². The molecule has 19 heavy (non-hydrogen) atoms. The van der Waals surface area contributed by atoms with Gasteiger partial charge in [0.2, 0.25) is 0 Å². The van der Waals surface area contributed by atoms with Gasteiger partial charge in [-0.2, -0.15) is 0 Å². The summed E-state index contributed by atoms with van der Waals surface area (Å²) >= 11 is 0. The van der Waals surface area contributed by atoms with E-state index >= 15 is 0 Å². The predicted octanol–water partition coefficient (Wildman–Crippen LogP) is 4.10. The molecule has 3 heteroatoms. The Labute approximate surface area is 113 Å². The maximum absolute atomic E-state index is 13.4. The van der Waals surface area contributed by atoms with Crippen molar-refractivity contribution in [3.8, 4) is 0 Å². The molecule has 1 aliphatic carbocycles. The molecule has 0 amide bonds. The van der Waals surface area contributed by atoms with Crippen molar-refractivity contribution in [2.24, 2.45) is 5.41 Å². The number of carboxylic acids is 1. The fraction of sp³-hybridized carbons (Fsp3) is 0.562. The van der Waals surface area contributed by atoms with Crippen molar-refractivity contribution in [3.05, 3.63) is 35.1 Å². The molecule has 0 saturated heterocycles. The van der Waals surface area contributed by atoms with Crippen molar-refractivity contribution in [1.82, 2.24) is 0 Å². The molecule has 104 valence electrons. The summed E-state index contributed by atoms with van der Waals surface area (Å²) in [4.78, 5) is 11.7. The van der Waals surface area contributed by atoms with Crippen molar-refractivity contribution in [1.29, 1.82) is 0 Å². The normalized spacial score (nSPS) is 18.8. The fourth-order valence-electron chi connectivity index (χ4n) is 3.07. The Bertz CT molecular complexity index is 460. The van der Waals surface area contributed by atoms with Crippen molar-refractivity contribution < 1.29 is 14.3 Å². The van der Waals surface area contributed by atoms with E-state index in [0.717, 1.165) is 36.8 Å². The highest BCUT2D eigenvalue weighted by atomic mass is 19.1. The van der Waals surface area contributed by atoms with Gasteiger partial charge in [0, 0.05) is 0 Å². The van der Waals surface area contributed by atoms with Gasteiger partial charge in [-0.1, -0.05) is 31.7 Å². The van der Waals surface area contributed by atoms with E-state index in [1.54, 1.807) is 6.07 Å². The van der Waals surface area contributed by atoms with Crippen molar-refractivity contribution in [2.75, 3.05) is 0 Å². The summed E-state index contributed by atoms with van der Waals surface area (Å²) in [5, 5.41) is 9.64. The summed E-state index contributed by atoms with van der Waals surface area (Å²) in [6, 6.07) is 4.65. The van der Waals surface area contributed by atoms with Crippen LogP contribution in [0.4, 0.5) is 4.39 Å². The van der Waals surface area contributed by atoms with Gasteiger partial charge < -0.3 is 5.11 Å². The third kappa shape index (κ3) is 3.14. The minimum absolute atomic E-state index is 0.283. The Balaban J connectivity index is 2.29. The van der Waals surface area contributed by atoms with E-state index in [9.17, 15) is 14.3 Å². The van der Waals surface area contributed by atoms with Crippen molar-refractivity contribution in [3.63, 3.8) is 0 Å². The summed E-state index contributed by atoms with van der Waals surface area (Å²) in [6.07, 6.45) is 6.00. The molecule has 2 rings (SSSR count). The SMILES string of the molecule is Cc1ccc(F)cc1CC1(C(=O)O)CCCCCC1. The second-order valence-electron chi connectivity index (χ2n) is 5.75. The van der Waals surface area contributed by atoms with E-state index in [1.807, 2.05) is 6.92 Å². The lowest BCUT2D eigenvalue weighted by molar-refractivity contribution is -0.149. The predicted molar refractivity (Wildman–Crippen MR) is 72.6 cm³/mol. The second kappa shape index (κ2) is 5.72. The second-order valence-corrected chi connectivity index (χ2v) is 5.75. The first-order valence-corrected chi connectivity index (χ1v) is 7.02. The zero-order valence-corrected chi connectivity index (χ0v) is 11.4. The number of rotatable bonds is 3. The van der Waals surface area contributed by atoms with Gasteiger partial charge in [-0.15, -0.1) is 0 Å². The highest BCUT2D eigenvalue weighted by Crippen LogP contribution is 2.39. The smallest absolute Gasteiger partial charge is 0.309 e. The molecular formula is C16H21FO2. The Morgan fingerprint density at radius 3 is 2.47 bits per heavy atom. The number of hydrogen-bond donors (Lipinski definition) is 1. The Morgan fingerprint density at radius 2 is 1.89 bits per heavy atom. The Morgan fingerprint density at radius 1 is 1.26 bits per heavy atom. The molecule has 1 aromatic rings. The van der Waals surface area contributed by atoms with Gasteiger partial charge in [0.1, 0.15) is 5.82 Å². The summed E-state index contributed by atoms with van der Waals surface area (Å²) in [6.45, 7) is 1.92. The first-order chi connectivity index (χ1) is 9.03. The van der Waals surface area contributed by atoms with Crippen LogP contribution in [-0.4, -0.2) is 11.1 Å². The average Bonchev–Trinajstić information content (AvgIpc) is 2.60.